The summed E-state index contributed by atoms with van der Waals surface area (Å²) in [5, 5.41) is 1.59. The van der Waals surface area contributed by atoms with Crippen molar-refractivity contribution in [2.45, 2.75) is 6.92 Å². The van der Waals surface area contributed by atoms with E-state index >= 15 is 0 Å². The predicted octanol–water partition coefficient (Wildman–Crippen LogP) is 2.89. The lowest BCUT2D eigenvalue weighted by Crippen LogP contribution is -1.97. The monoisotopic (exact) mass is 191 g/mol. The van der Waals surface area contributed by atoms with Gasteiger partial charge in [0, 0.05) is 24.0 Å². The zero-order valence-electron chi connectivity index (χ0n) is 7.20. The second-order valence-corrected chi connectivity index (χ2v) is 3.37. The Morgan fingerprint density at radius 1 is 1.38 bits per heavy atom. The minimum Gasteiger partial charge on any atom is -0.448 e. The van der Waals surface area contributed by atoms with E-state index in [0.29, 0.717) is 5.05 Å². The number of thiocarbonyl (C=S) groups is 1. The molecule has 0 bridgehead atoms. The molecule has 1 aromatic carbocycles. The molecule has 0 fully saturated rings. The largest absolute Gasteiger partial charge is 0.448 e. The van der Waals surface area contributed by atoms with Gasteiger partial charge < -0.3 is 9.72 Å². The van der Waals surface area contributed by atoms with E-state index in [9.17, 15) is 0 Å². The van der Waals surface area contributed by atoms with Crippen molar-refractivity contribution in [1.29, 1.82) is 0 Å². The topological polar surface area (TPSA) is 25.0 Å². The summed E-state index contributed by atoms with van der Waals surface area (Å²) in [6, 6.07) is 7.95. The van der Waals surface area contributed by atoms with Crippen LogP contribution in [0.3, 0.4) is 0 Å². The molecular weight excluding hydrogens is 182 g/mol. The van der Waals surface area contributed by atoms with Gasteiger partial charge >= 0.3 is 0 Å². The van der Waals surface area contributed by atoms with E-state index < -0.39 is 0 Å². The van der Waals surface area contributed by atoms with Gasteiger partial charge in [0.2, 0.25) is 0 Å². The third-order valence-electron chi connectivity index (χ3n) is 1.80. The first-order valence-corrected chi connectivity index (χ1v) is 4.43. The molecule has 0 aliphatic heterocycles. The summed E-state index contributed by atoms with van der Waals surface area (Å²) in [5.74, 6) is 0.795. The summed E-state index contributed by atoms with van der Waals surface area (Å²) in [6.45, 7) is 1.76. The van der Waals surface area contributed by atoms with Crippen LogP contribution in [-0.2, 0) is 0 Å². The molecule has 1 heterocycles. The van der Waals surface area contributed by atoms with Crippen molar-refractivity contribution in [2.24, 2.45) is 0 Å². The maximum Gasteiger partial charge on any atom is 0.164 e. The van der Waals surface area contributed by atoms with Crippen LogP contribution in [-0.4, -0.2) is 10.0 Å². The summed E-state index contributed by atoms with van der Waals surface area (Å²) in [5.41, 5.74) is 1.06. The number of hydrogen-bond donors (Lipinski definition) is 1. The van der Waals surface area contributed by atoms with E-state index in [-0.39, 0.29) is 0 Å². The van der Waals surface area contributed by atoms with Crippen molar-refractivity contribution in [3.05, 3.63) is 30.5 Å². The first kappa shape index (κ1) is 8.26. The van der Waals surface area contributed by atoms with Crippen LogP contribution in [0.4, 0.5) is 0 Å². The predicted molar refractivity (Wildman–Crippen MR) is 57.2 cm³/mol. The van der Waals surface area contributed by atoms with E-state index in [1.807, 2.05) is 30.5 Å². The van der Waals surface area contributed by atoms with E-state index in [2.05, 4.69) is 4.98 Å². The number of hydrogen-bond acceptors (Lipinski definition) is 2. The standard InChI is InChI=1S/C10H9NOS/c1-7(13)12-10-6-11-9-5-3-2-4-8(9)10/h2-6,11H,1H3. The van der Waals surface area contributed by atoms with Gasteiger partial charge in [0.1, 0.15) is 0 Å². The van der Waals surface area contributed by atoms with Crippen LogP contribution in [0.25, 0.3) is 10.9 Å². The fourth-order valence-corrected chi connectivity index (χ4v) is 1.37. The van der Waals surface area contributed by atoms with E-state index in [1.165, 1.54) is 0 Å². The Labute approximate surface area is 81.5 Å². The molecule has 0 spiro atoms. The average molecular weight is 191 g/mol. The molecule has 1 aromatic heterocycles. The van der Waals surface area contributed by atoms with Crippen molar-refractivity contribution < 1.29 is 4.74 Å². The first-order chi connectivity index (χ1) is 6.27. The molecule has 66 valence electrons. The number of para-hydroxylation sites is 1. The van der Waals surface area contributed by atoms with Crippen LogP contribution in [0.1, 0.15) is 6.92 Å². The minimum absolute atomic E-state index is 0.532. The molecule has 0 aliphatic carbocycles. The Hall–Kier alpha value is -1.35. The molecule has 0 atom stereocenters. The number of aromatic amines is 1. The SMILES string of the molecule is CC(=S)Oc1c[nH]c2ccccc12. The van der Waals surface area contributed by atoms with Crippen LogP contribution < -0.4 is 4.74 Å². The highest BCUT2D eigenvalue weighted by Crippen LogP contribution is 2.24. The summed E-state index contributed by atoms with van der Waals surface area (Å²) in [6.07, 6.45) is 1.82. The van der Waals surface area contributed by atoms with Crippen molar-refractivity contribution in [2.75, 3.05) is 0 Å². The highest BCUT2D eigenvalue weighted by Gasteiger charge is 2.03. The van der Waals surface area contributed by atoms with Crippen molar-refractivity contribution >= 4 is 28.2 Å². The zero-order valence-corrected chi connectivity index (χ0v) is 8.02. The molecule has 0 radical (unpaired) electrons. The molecule has 1 N–H and O–H groups in total. The lowest BCUT2D eigenvalue weighted by Gasteiger charge is -1.99. The van der Waals surface area contributed by atoms with Crippen molar-refractivity contribution in [3.8, 4) is 5.75 Å². The lowest BCUT2D eigenvalue weighted by atomic mass is 10.2. The Morgan fingerprint density at radius 3 is 2.92 bits per heavy atom. The summed E-state index contributed by atoms with van der Waals surface area (Å²) >= 11 is 4.87. The molecule has 0 unspecified atom stereocenters. The van der Waals surface area contributed by atoms with Crippen molar-refractivity contribution in [3.63, 3.8) is 0 Å². The average Bonchev–Trinajstić information content (AvgIpc) is 2.48. The maximum absolute atomic E-state index is 5.37. The van der Waals surface area contributed by atoms with Crippen LogP contribution in [0.15, 0.2) is 30.5 Å². The van der Waals surface area contributed by atoms with Gasteiger partial charge in [0.25, 0.3) is 0 Å². The van der Waals surface area contributed by atoms with Gasteiger partial charge in [-0.3, -0.25) is 0 Å². The Kier molecular flexibility index (Phi) is 2.02. The number of nitrogens with one attached hydrogen (secondary N) is 1. The third kappa shape index (κ3) is 1.55. The van der Waals surface area contributed by atoms with Crippen LogP contribution in [0, 0.1) is 0 Å². The number of H-pyrrole nitrogens is 1. The van der Waals surface area contributed by atoms with Crippen LogP contribution >= 0.6 is 12.2 Å². The second-order valence-electron chi connectivity index (χ2n) is 2.79. The number of aromatic nitrogens is 1. The fourth-order valence-electron chi connectivity index (χ4n) is 1.28. The minimum atomic E-state index is 0.532. The highest BCUT2D eigenvalue weighted by molar-refractivity contribution is 7.80. The Morgan fingerprint density at radius 2 is 2.15 bits per heavy atom. The summed E-state index contributed by atoms with van der Waals surface area (Å²) in [4.78, 5) is 3.11. The summed E-state index contributed by atoms with van der Waals surface area (Å²) < 4.78 is 5.37. The van der Waals surface area contributed by atoms with Crippen LogP contribution in [0.2, 0.25) is 0 Å². The van der Waals surface area contributed by atoms with E-state index in [0.717, 1.165) is 16.7 Å². The van der Waals surface area contributed by atoms with Crippen molar-refractivity contribution in [1.82, 2.24) is 4.98 Å². The molecule has 2 rings (SSSR count). The quantitative estimate of drug-likeness (QED) is 0.701. The zero-order chi connectivity index (χ0) is 9.26. The van der Waals surface area contributed by atoms with Crippen LogP contribution in [0.5, 0.6) is 5.75 Å². The highest BCUT2D eigenvalue weighted by atomic mass is 32.1. The molecule has 0 saturated carbocycles. The molecule has 0 amide bonds. The molecule has 0 aliphatic rings. The Balaban J connectivity index is 2.51. The molecule has 13 heavy (non-hydrogen) atoms. The van der Waals surface area contributed by atoms with Gasteiger partial charge in [0.05, 0.1) is 0 Å². The molecule has 2 aromatic rings. The Bertz CT molecular complexity index is 447. The molecule has 0 saturated heterocycles. The van der Waals surface area contributed by atoms with Gasteiger partial charge in [0.15, 0.2) is 10.8 Å². The number of ether oxygens (including phenoxy) is 1. The van der Waals surface area contributed by atoms with Gasteiger partial charge in [-0.15, -0.1) is 0 Å². The molecule has 2 nitrogen and oxygen atoms in total. The van der Waals surface area contributed by atoms with Gasteiger partial charge in [-0.1, -0.05) is 12.1 Å². The van der Waals surface area contributed by atoms with Gasteiger partial charge in [-0.05, 0) is 24.4 Å². The van der Waals surface area contributed by atoms with Gasteiger partial charge in [-0.25, -0.2) is 0 Å². The fraction of sp³-hybridized carbons (Fsp3) is 0.100. The molecular formula is C10H9NOS. The smallest absolute Gasteiger partial charge is 0.164 e. The van der Waals surface area contributed by atoms with E-state index in [4.69, 9.17) is 17.0 Å². The molecule has 3 heteroatoms. The summed E-state index contributed by atoms with van der Waals surface area (Å²) in [7, 11) is 0. The lowest BCUT2D eigenvalue weighted by molar-refractivity contribution is 0.568. The van der Waals surface area contributed by atoms with Gasteiger partial charge in [-0.2, -0.15) is 0 Å². The number of rotatable bonds is 1. The first-order valence-electron chi connectivity index (χ1n) is 4.02. The normalized spacial score (nSPS) is 10.2. The second kappa shape index (κ2) is 3.18. The maximum atomic E-state index is 5.37. The number of benzene rings is 1. The van der Waals surface area contributed by atoms with E-state index in [1.54, 1.807) is 6.92 Å². The number of fused-ring (bicyclic) bond motifs is 1. The third-order valence-corrected chi connectivity index (χ3v) is 1.89.